The molecule has 0 amide bonds. The Kier molecular flexibility index (Phi) is 13.0. The van der Waals surface area contributed by atoms with Crippen molar-refractivity contribution in [2.24, 2.45) is 17.3 Å². The van der Waals surface area contributed by atoms with Crippen molar-refractivity contribution in [3.05, 3.63) is 77.7 Å². The Morgan fingerprint density at radius 2 is 1.67 bits per heavy atom. The standard InChI is InChI=1S/C29H28NO2.C13H24O2.Ir/c1-29(2,3)17-24-22-7-5-4-6-19(22)15-23-27-26-20(8-11-30-27)14-21(16-25(26)32-28(23)24)18-9-12-31-13-10-18;1-5-10(6-2)12(14)9-13(15)11(7-3)8-4;/h4-8,11,14,16,18H,9-10,12-13,17H2,1-3H3;9-11,14H,5-8H2,1-4H3;/q-1;;/b;12-9-;. The molecule has 1 N–H and O–H groups in total. The number of ether oxygens (including phenoxy) is 2. The topological polar surface area (TPSA) is 68.7 Å². The predicted octanol–water partition coefficient (Wildman–Crippen LogP) is 11.3. The molecule has 0 atom stereocenters. The SMILES string of the molecule is CC(C)(C)Cc1c2c([c-]c3ccccc13)-c1nccc3cc(C4CCOCC4)cc(c13)O2.CCC(CC)C(=O)/C=C(\O)C(CC)CC.[Ir]. The van der Waals surface area contributed by atoms with Gasteiger partial charge in [0.05, 0.1) is 11.5 Å². The summed E-state index contributed by atoms with van der Waals surface area (Å²) >= 11 is 0. The Bertz CT molecular complexity index is 1740. The molecule has 48 heavy (non-hydrogen) atoms. The van der Waals surface area contributed by atoms with Crippen LogP contribution in [0.15, 0.2) is 60.5 Å². The van der Waals surface area contributed by atoms with Crippen molar-refractivity contribution in [2.45, 2.75) is 99.3 Å². The summed E-state index contributed by atoms with van der Waals surface area (Å²) in [5.41, 5.74) is 4.70. The van der Waals surface area contributed by atoms with Crippen molar-refractivity contribution < 1.29 is 39.5 Å². The average Bonchev–Trinajstić information content (AvgIpc) is 3.06. The largest absolute Gasteiger partial charge is 0.512 e. The first-order valence-corrected chi connectivity index (χ1v) is 17.7. The number of rotatable bonds is 9. The zero-order valence-corrected chi connectivity index (χ0v) is 32.1. The molecule has 6 heteroatoms. The molecule has 0 bridgehead atoms. The van der Waals surface area contributed by atoms with Crippen molar-refractivity contribution in [1.82, 2.24) is 4.98 Å². The van der Waals surface area contributed by atoms with Crippen molar-refractivity contribution in [2.75, 3.05) is 13.2 Å². The molecule has 0 aliphatic carbocycles. The van der Waals surface area contributed by atoms with E-state index in [4.69, 9.17) is 14.5 Å². The third-order valence-electron chi connectivity index (χ3n) is 9.79. The molecule has 5 nitrogen and oxygen atoms in total. The molecule has 3 heterocycles. The molecule has 1 saturated heterocycles. The second kappa shape index (κ2) is 16.6. The molecule has 6 rings (SSSR count). The first-order chi connectivity index (χ1) is 22.6. The summed E-state index contributed by atoms with van der Waals surface area (Å²) in [6.07, 6.45) is 9.88. The van der Waals surface area contributed by atoms with Gasteiger partial charge in [-0.25, -0.2) is 0 Å². The van der Waals surface area contributed by atoms with E-state index in [1.165, 1.54) is 28.0 Å². The van der Waals surface area contributed by atoms with E-state index in [1.54, 1.807) is 0 Å². The van der Waals surface area contributed by atoms with Crippen LogP contribution in [0.5, 0.6) is 11.5 Å². The van der Waals surface area contributed by atoms with Crippen molar-refractivity contribution >= 4 is 27.3 Å². The number of ketones is 1. The summed E-state index contributed by atoms with van der Waals surface area (Å²) in [7, 11) is 0. The van der Waals surface area contributed by atoms with Crippen LogP contribution in [0, 0.1) is 23.3 Å². The number of carbonyl (C=O) groups is 1. The fourth-order valence-corrected chi connectivity index (χ4v) is 7.03. The number of benzene rings is 3. The summed E-state index contributed by atoms with van der Waals surface area (Å²) in [6.45, 7) is 16.6. The zero-order chi connectivity index (χ0) is 33.7. The zero-order valence-electron chi connectivity index (χ0n) is 29.7. The Morgan fingerprint density at radius 3 is 2.31 bits per heavy atom. The van der Waals surface area contributed by atoms with Gasteiger partial charge in [0.25, 0.3) is 0 Å². The minimum atomic E-state index is 0. The second-order valence-corrected chi connectivity index (χ2v) is 14.4. The van der Waals surface area contributed by atoms with Gasteiger partial charge in [-0.3, -0.25) is 9.78 Å². The first kappa shape index (κ1) is 37.8. The van der Waals surface area contributed by atoms with Crippen molar-refractivity contribution in [1.29, 1.82) is 0 Å². The predicted molar refractivity (Wildman–Crippen MR) is 193 cm³/mol. The van der Waals surface area contributed by atoms with Gasteiger partial charge in [-0.05, 0) is 79.4 Å². The van der Waals surface area contributed by atoms with Crippen molar-refractivity contribution in [3.8, 4) is 22.8 Å². The maximum absolute atomic E-state index is 11.7. The van der Waals surface area contributed by atoms with E-state index >= 15 is 0 Å². The van der Waals surface area contributed by atoms with Crippen LogP contribution < -0.4 is 4.74 Å². The van der Waals surface area contributed by atoms with Crippen LogP contribution in [0.2, 0.25) is 0 Å². The first-order valence-electron chi connectivity index (χ1n) is 17.7. The Labute approximate surface area is 300 Å². The molecule has 2 aliphatic heterocycles. The molecule has 3 aromatic carbocycles. The van der Waals surface area contributed by atoms with Crippen LogP contribution in [0.4, 0.5) is 0 Å². The molecule has 1 aromatic heterocycles. The normalized spacial score (nSPS) is 14.7. The monoisotopic (exact) mass is 827 g/mol. The van der Waals surface area contributed by atoms with Crippen LogP contribution in [0.25, 0.3) is 32.8 Å². The van der Waals surface area contributed by atoms with Gasteiger partial charge in [-0.2, -0.15) is 0 Å². The van der Waals surface area contributed by atoms with Gasteiger partial charge >= 0.3 is 0 Å². The number of allylic oxidation sites excluding steroid dienone is 2. The molecule has 0 unspecified atom stereocenters. The van der Waals surface area contributed by atoms with E-state index in [9.17, 15) is 9.90 Å². The number of hydrogen-bond acceptors (Lipinski definition) is 5. The minimum Gasteiger partial charge on any atom is -0.512 e. The Hall–Kier alpha value is -3.05. The number of carbonyl (C=O) groups excluding carboxylic acids is 1. The van der Waals surface area contributed by atoms with Gasteiger partial charge < -0.3 is 14.6 Å². The van der Waals surface area contributed by atoms with Crippen LogP contribution in [-0.4, -0.2) is 29.1 Å². The number of aliphatic hydroxyl groups is 1. The van der Waals surface area contributed by atoms with E-state index in [0.29, 0.717) is 5.92 Å². The van der Waals surface area contributed by atoms with Crippen LogP contribution in [-0.2, 0) is 36.1 Å². The van der Waals surface area contributed by atoms with Crippen LogP contribution in [0.3, 0.4) is 0 Å². The van der Waals surface area contributed by atoms with Crippen LogP contribution >= 0.6 is 0 Å². The molecule has 0 saturated carbocycles. The molecule has 4 aromatic rings. The summed E-state index contributed by atoms with van der Waals surface area (Å²) in [5.74, 6) is 2.92. The Morgan fingerprint density at radius 1 is 1.00 bits per heavy atom. The summed E-state index contributed by atoms with van der Waals surface area (Å²) < 4.78 is 12.4. The fraction of sp³-hybridized carbons (Fsp3) is 0.476. The van der Waals surface area contributed by atoms with E-state index in [1.807, 2.05) is 33.9 Å². The summed E-state index contributed by atoms with van der Waals surface area (Å²) in [4.78, 5) is 16.5. The summed E-state index contributed by atoms with van der Waals surface area (Å²) in [6, 6.07) is 18.9. The average molecular weight is 827 g/mol. The summed E-state index contributed by atoms with van der Waals surface area (Å²) in [5, 5.41) is 14.4. The number of aromatic nitrogens is 1. The van der Waals surface area contributed by atoms with Gasteiger partial charge in [0, 0.05) is 68.5 Å². The molecule has 1 fully saturated rings. The number of pyridine rings is 1. The van der Waals surface area contributed by atoms with Gasteiger partial charge in [-0.1, -0.05) is 89.2 Å². The van der Waals surface area contributed by atoms with E-state index in [0.717, 1.165) is 91.7 Å². The van der Waals surface area contributed by atoms with Gasteiger partial charge in [0.15, 0.2) is 5.78 Å². The Balaban J connectivity index is 0.000000279. The minimum absolute atomic E-state index is 0. The number of fused-ring (bicyclic) bond motifs is 3. The molecule has 2 aliphatic rings. The maximum atomic E-state index is 11.7. The molecular formula is C42H52IrNO4-. The van der Waals surface area contributed by atoms with Gasteiger partial charge in [0.2, 0.25) is 0 Å². The second-order valence-electron chi connectivity index (χ2n) is 14.4. The number of nitrogens with zero attached hydrogens (tertiary/aromatic N) is 1. The van der Waals surface area contributed by atoms with E-state index < -0.39 is 0 Å². The fourth-order valence-electron chi connectivity index (χ4n) is 7.03. The van der Waals surface area contributed by atoms with Gasteiger partial charge in [0.1, 0.15) is 5.75 Å². The van der Waals surface area contributed by atoms with Crippen molar-refractivity contribution in [3.63, 3.8) is 0 Å². The smallest absolute Gasteiger partial charge is 0.162 e. The molecule has 1 radical (unpaired) electrons. The molecule has 259 valence electrons. The third-order valence-corrected chi connectivity index (χ3v) is 9.79. The van der Waals surface area contributed by atoms with Gasteiger partial charge in [-0.15, -0.1) is 17.5 Å². The van der Waals surface area contributed by atoms with E-state index in [-0.39, 0.29) is 48.9 Å². The molecular weight excluding hydrogens is 775 g/mol. The van der Waals surface area contributed by atoms with E-state index in [2.05, 4.69) is 69.3 Å². The maximum Gasteiger partial charge on any atom is 0.162 e. The number of aliphatic hydroxyl groups excluding tert-OH is 1. The quantitative estimate of drug-likeness (QED) is 0.0911. The molecule has 0 spiro atoms. The number of hydrogen-bond donors (Lipinski definition) is 1. The van der Waals surface area contributed by atoms with Crippen LogP contribution in [0.1, 0.15) is 104 Å². The third kappa shape index (κ3) is 8.38.